The molecule has 170 valence electrons. The quantitative estimate of drug-likeness (QED) is 0.287. The van der Waals surface area contributed by atoms with Gasteiger partial charge in [-0.3, -0.25) is 9.59 Å². The number of carboxylic acid groups (broad SMARTS) is 2. The van der Waals surface area contributed by atoms with Crippen LogP contribution in [0, 0.1) is 5.92 Å². The summed E-state index contributed by atoms with van der Waals surface area (Å²) in [5.41, 5.74) is 11.2. The van der Waals surface area contributed by atoms with Gasteiger partial charge >= 0.3 is 11.9 Å². The Morgan fingerprint density at radius 1 is 1.07 bits per heavy atom. The fraction of sp³-hybridized carbons (Fsp3) is 0.800. The van der Waals surface area contributed by atoms with Gasteiger partial charge in [-0.1, -0.05) is 19.3 Å². The molecule has 10 nitrogen and oxygen atoms in total. The molecule has 0 bridgehead atoms. The molecule has 30 heavy (non-hydrogen) atoms. The molecule has 7 N–H and O–H groups in total. The first-order chi connectivity index (χ1) is 14.3. The van der Waals surface area contributed by atoms with Crippen molar-refractivity contribution in [2.45, 2.75) is 88.4 Å². The first-order valence-electron chi connectivity index (χ1n) is 10.8. The lowest BCUT2D eigenvalue weighted by Gasteiger charge is -2.33. The number of hydrogen-bond donors (Lipinski definition) is 5. The van der Waals surface area contributed by atoms with E-state index in [0.717, 1.165) is 32.1 Å². The van der Waals surface area contributed by atoms with Gasteiger partial charge in [0.05, 0.1) is 6.04 Å². The third kappa shape index (κ3) is 6.15. The van der Waals surface area contributed by atoms with Gasteiger partial charge < -0.3 is 31.9 Å². The standard InChI is InChI=1S/C20H34N4O6/c21-10-4-3-6-13(22)18(26)23-14(19(27)28)8-9-17(25)24-15-7-2-1-5-12(15)11-16(24)20(29)30/h12-16H,1-11,21-22H2,(H,23,26)(H,27,28)(H,29,30)/t12-,13-,14+,15-,16-/m0/s1. The minimum atomic E-state index is -1.25. The van der Waals surface area contributed by atoms with Crippen LogP contribution in [0.15, 0.2) is 0 Å². The molecule has 0 unspecified atom stereocenters. The second-order valence-corrected chi connectivity index (χ2v) is 8.33. The Morgan fingerprint density at radius 2 is 1.77 bits per heavy atom. The van der Waals surface area contributed by atoms with Gasteiger partial charge in [-0.05, 0) is 51.0 Å². The summed E-state index contributed by atoms with van der Waals surface area (Å²) in [7, 11) is 0. The highest BCUT2D eigenvalue weighted by atomic mass is 16.4. The Labute approximate surface area is 176 Å². The first-order valence-corrected chi connectivity index (χ1v) is 10.8. The van der Waals surface area contributed by atoms with Crippen molar-refractivity contribution in [3.63, 3.8) is 0 Å². The summed E-state index contributed by atoms with van der Waals surface area (Å²) in [5, 5.41) is 21.4. The number of likely N-dealkylation sites (tertiary alicyclic amines) is 1. The van der Waals surface area contributed by atoms with Crippen LogP contribution in [0.4, 0.5) is 0 Å². The average molecular weight is 427 g/mol. The molecule has 2 fully saturated rings. The highest BCUT2D eigenvalue weighted by Gasteiger charge is 2.47. The summed E-state index contributed by atoms with van der Waals surface area (Å²) in [4.78, 5) is 49.7. The Hall–Kier alpha value is -2.20. The fourth-order valence-corrected chi connectivity index (χ4v) is 4.61. The van der Waals surface area contributed by atoms with Gasteiger partial charge in [0.1, 0.15) is 12.1 Å². The van der Waals surface area contributed by atoms with Crippen molar-refractivity contribution in [2.75, 3.05) is 6.54 Å². The number of fused-ring (bicyclic) bond motifs is 1. The second-order valence-electron chi connectivity index (χ2n) is 8.33. The molecule has 2 amide bonds. The molecule has 10 heteroatoms. The molecular weight excluding hydrogens is 392 g/mol. The number of hydrogen-bond acceptors (Lipinski definition) is 6. The van der Waals surface area contributed by atoms with E-state index in [9.17, 15) is 29.4 Å². The molecule has 2 rings (SSSR count). The lowest BCUT2D eigenvalue weighted by Crippen LogP contribution is -2.50. The number of carboxylic acids is 2. The van der Waals surface area contributed by atoms with Gasteiger partial charge in [-0.2, -0.15) is 0 Å². The summed E-state index contributed by atoms with van der Waals surface area (Å²) in [6, 6.07) is -3.05. The van der Waals surface area contributed by atoms with Crippen LogP contribution in [-0.4, -0.2) is 69.6 Å². The Balaban J connectivity index is 1.94. The van der Waals surface area contributed by atoms with E-state index in [2.05, 4.69) is 5.32 Å². The Morgan fingerprint density at radius 3 is 2.40 bits per heavy atom. The number of nitrogens with two attached hydrogens (primary N) is 2. The van der Waals surface area contributed by atoms with E-state index in [0.29, 0.717) is 25.8 Å². The highest BCUT2D eigenvalue weighted by Crippen LogP contribution is 2.40. The Kier molecular flexibility index (Phi) is 9.04. The average Bonchev–Trinajstić information content (AvgIpc) is 3.10. The van der Waals surface area contributed by atoms with Crippen LogP contribution < -0.4 is 16.8 Å². The van der Waals surface area contributed by atoms with Crippen molar-refractivity contribution < 1.29 is 29.4 Å². The van der Waals surface area contributed by atoms with Crippen molar-refractivity contribution in [1.82, 2.24) is 10.2 Å². The van der Waals surface area contributed by atoms with Crippen molar-refractivity contribution in [3.8, 4) is 0 Å². The summed E-state index contributed by atoms with van der Waals surface area (Å²) in [6.07, 6.45) is 5.64. The van der Waals surface area contributed by atoms with Crippen molar-refractivity contribution in [2.24, 2.45) is 17.4 Å². The van der Waals surface area contributed by atoms with Crippen LogP contribution in [0.3, 0.4) is 0 Å². The van der Waals surface area contributed by atoms with Crippen LogP contribution in [-0.2, 0) is 19.2 Å². The normalized spacial score (nSPS) is 25.3. The maximum absolute atomic E-state index is 12.9. The van der Waals surface area contributed by atoms with Crippen LogP contribution in [0.2, 0.25) is 0 Å². The summed E-state index contributed by atoms with van der Waals surface area (Å²) in [6.45, 7) is 0.490. The monoisotopic (exact) mass is 426 g/mol. The van der Waals surface area contributed by atoms with E-state index in [1.54, 1.807) is 0 Å². The fourth-order valence-electron chi connectivity index (χ4n) is 4.61. The minimum absolute atomic E-state index is 0.0961. The Bertz CT molecular complexity index is 643. The number of rotatable bonds is 11. The zero-order chi connectivity index (χ0) is 22.3. The maximum atomic E-state index is 12.9. The van der Waals surface area contributed by atoms with Gasteiger partial charge in [0.15, 0.2) is 0 Å². The predicted octanol–water partition coefficient (Wildman–Crippen LogP) is 0.0366. The van der Waals surface area contributed by atoms with Gasteiger partial charge in [-0.25, -0.2) is 9.59 Å². The number of nitrogens with one attached hydrogen (secondary N) is 1. The summed E-state index contributed by atoms with van der Waals surface area (Å²) >= 11 is 0. The number of aliphatic carboxylic acids is 2. The number of unbranched alkanes of at least 4 members (excludes halogenated alkanes) is 1. The molecule has 0 aromatic rings. The van der Waals surface area contributed by atoms with Gasteiger partial charge in [0, 0.05) is 12.5 Å². The molecule has 1 saturated heterocycles. The van der Waals surface area contributed by atoms with E-state index >= 15 is 0 Å². The molecule has 1 aliphatic heterocycles. The van der Waals surface area contributed by atoms with Crippen LogP contribution in [0.25, 0.3) is 0 Å². The molecular formula is C20H34N4O6. The molecule has 5 atom stereocenters. The van der Waals surface area contributed by atoms with Gasteiger partial charge in [0.2, 0.25) is 11.8 Å². The zero-order valence-electron chi connectivity index (χ0n) is 17.3. The third-order valence-electron chi connectivity index (χ3n) is 6.23. The van der Waals surface area contributed by atoms with Crippen LogP contribution in [0.5, 0.6) is 0 Å². The summed E-state index contributed by atoms with van der Waals surface area (Å²) in [5.74, 6) is -3.04. The van der Waals surface area contributed by atoms with Crippen LogP contribution >= 0.6 is 0 Å². The molecule has 1 saturated carbocycles. The molecule has 2 aliphatic rings. The van der Waals surface area contributed by atoms with Gasteiger partial charge in [-0.15, -0.1) is 0 Å². The summed E-state index contributed by atoms with van der Waals surface area (Å²) < 4.78 is 0. The smallest absolute Gasteiger partial charge is 0.326 e. The van der Waals surface area contributed by atoms with E-state index in [1.165, 1.54) is 4.90 Å². The van der Waals surface area contributed by atoms with Crippen molar-refractivity contribution >= 4 is 23.8 Å². The number of carbonyl (C=O) groups is 4. The lowest BCUT2D eigenvalue weighted by atomic mass is 9.84. The predicted molar refractivity (Wildman–Crippen MR) is 108 cm³/mol. The van der Waals surface area contributed by atoms with E-state index in [4.69, 9.17) is 11.5 Å². The molecule has 0 spiro atoms. The van der Waals surface area contributed by atoms with Crippen LogP contribution in [0.1, 0.15) is 64.2 Å². The van der Waals surface area contributed by atoms with Crippen molar-refractivity contribution in [3.05, 3.63) is 0 Å². The molecule has 1 aliphatic carbocycles. The largest absolute Gasteiger partial charge is 0.480 e. The second kappa shape index (κ2) is 11.3. The topological polar surface area (TPSA) is 176 Å². The number of carbonyl (C=O) groups excluding carboxylic acids is 2. The maximum Gasteiger partial charge on any atom is 0.326 e. The first kappa shape index (κ1) is 24.1. The molecule has 0 radical (unpaired) electrons. The SMILES string of the molecule is NCCCC[C@H](N)C(=O)N[C@H](CCC(=O)N1[C@H](C(=O)O)C[C@@H]2CCCC[C@@H]21)C(=O)O. The molecule has 0 aromatic carbocycles. The van der Waals surface area contributed by atoms with E-state index < -0.39 is 36.0 Å². The lowest BCUT2D eigenvalue weighted by molar-refractivity contribution is -0.150. The number of nitrogens with zero attached hydrogens (tertiary/aromatic N) is 1. The number of amides is 2. The molecule has 1 heterocycles. The van der Waals surface area contributed by atoms with Crippen molar-refractivity contribution in [1.29, 1.82) is 0 Å². The van der Waals surface area contributed by atoms with E-state index in [-0.39, 0.29) is 30.7 Å². The third-order valence-corrected chi connectivity index (χ3v) is 6.23. The van der Waals surface area contributed by atoms with Gasteiger partial charge in [0.25, 0.3) is 0 Å². The van der Waals surface area contributed by atoms with E-state index in [1.807, 2.05) is 0 Å². The highest BCUT2D eigenvalue weighted by molar-refractivity contribution is 5.88. The zero-order valence-corrected chi connectivity index (χ0v) is 17.3. The molecule has 0 aromatic heterocycles. The minimum Gasteiger partial charge on any atom is -0.480 e.